The molecule has 1 heterocycles. The maximum absolute atomic E-state index is 7.85. The van der Waals surface area contributed by atoms with Crippen LogP contribution in [0.15, 0.2) is 97.2 Å². The van der Waals surface area contributed by atoms with Gasteiger partial charge in [-0.25, -0.2) is 0 Å². The van der Waals surface area contributed by atoms with Crippen LogP contribution >= 0.6 is 0 Å². The van der Waals surface area contributed by atoms with Gasteiger partial charge in [0.05, 0.1) is 5.60 Å². The van der Waals surface area contributed by atoms with Crippen molar-refractivity contribution >= 4 is 0 Å². The SMILES string of the molecule is CCCCC/C=C\C/C=C\CCCCCCCCC1(CCCCCCCC/C=C\C/C=C\CCCCC)OC(CN(C)C)C(CCCCCCCC/C=C\C/C=C\CCCCC)(CCCCCCCC/C=C\C/C=C\CCCCC)O1. The van der Waals surface area contributed by atoms with Gasteiger partial charge in [-0.2, -0.15) is 0 Å². The molecule has 1 rings (SSSR count). The van der Waals surface area contributed by atoms with E-state index in [0.29, 0.717) is 0 Å². The Bertz CT molecular complexity index is 1430. The Morgan fingerprint density at radius 3 is 0.741 bits per heavy atom. The first-order valence-corrected chi connectivity index (χ1v) is 36.2. The molecule has 1 aliphatic heterocycles. The Morgan fingerprint density at radius 1 is 0.272 bits per heavy atom. The molecular weight excluding hydrogens is 983 g/mol. The van der Waals surface area contributed by atoms with Crippen LogP contribution in [0.2, 0.25) is 0 Å². The van der Waals surface area contributed by atoms with Gasteiger partial charge in [0.25, 0.3) is 0 Å². The molecule has 0 N–H and O–H groups in total. The summed E-state index contributed by atoms with van der Waals surface area (Å²) in [6.07, 6.45) is 105. The molecule has 3 nitrogen and oxygen atoms in total. The fraction of sp³-hybridized carbons (Fsp3) is 0.795. The van der Waals surface area contributed by atoms with E-state index >= 15 is 0 Å². The highest BCUT2D eigenvalue weighted by molar-refractivity contribution is 5.00. The molecule has 1 saturated heterocycles. The number of unbranched alkanes of at least 4 members (excludes halogenated alkanes) is 36. The van der Waals surface area contributed by atoms with Crippen molar-refractivity contribution in [2.45, 2.75) is 379 Å². The highest BCUT2D eigenvalue weighted by Crippen LogP contribution is 2.48. The Labute approximate surface area is 508 Å². The van der Waals surface area contributed by atoms with E-state index in [-0.39, 0.29) is 11.7 Å². The van der Waals surface area contributed by atoms with Gasteiger partial charge < -0.3 is 14.4 Å². The second-order valence-corrected chi connectivity index (χ2v) is 25.3. The second kappa shape index (κ2) is 60.9. The lowest BCUT2D eigenvalue weighted by Crippen LogP contribution is -2.45. The smallest absolute Gasteiger partial charge is 0.169 e. The number of rotatable bonds is 62. The molecule has 1 unspecified atom stereocenters. The van der Waals surface area contributed by atoms with E-state index in [1.54, 1.807) is 0 Å². The molecule has 0 aromatic rings. The zero-order valence-corrected chi connectivity index (χ0v) is 55.6. The number of ether oxygens (including phenoxy) is 2. The minimum Gasteiger partial charge on any atom is -0.342 e. The van der Waals surface area contributed by atoms with Crippen molar-refractivity contribution in [2.24, 2.45) is 0 Å². The summed E-state index contributed by atoms with van der Waals surface area (Å²) in [7, 11) is 4.53. The minimum absolute atomic E-state index is 0.137. The molecule has 1 aliphatic rings. The third-order valence-electron chi connectivity index (χ3n) is 17.0. The molecule has 0 amide bonds. The molecule has 0 spiro atoms. The number of nitrogens with zero attached hydrogens (tertiary/aromatic N) is 1. The summed E-state index contributed by atoms with van der Waals surface area (Å²) < 4.78 is 15.4. The molecule has 3 heteroatoms. The van der Waals surface area contributed by atoms with Crippen LogP contribution in [0.5, 0.6) is 0 Å². The average Bonchev–Trinajstić information content (AvgIpc) is 4.05. The molecular formula is C78H141NO2. The maximum Gasteiger partial charge on any atom is 0.169 e. The maximum atomic E-state index is 7.85. The Balaban J connectivity index is 2.98. The largest absolute Gasteiger partial charge is 0.342 e. The van der Waals surface area contributed by atoms with Crippen LogP contribution in [0.3, 0.4) is 0 Å². The predicted molar refractivity (Wildman–Crippen MR) is 366 cm³/mol. The van der Waals surface area contributed by atoms with Crippen LogP contribution in [0.25, 0.3) is 0 Å². The summed E-state index contributed by atoms with van der Waals surface area (Å²) in [4.78, 5) is 2.40. The molecule has 0 aromatic heterocycles. The zero-order valence-electron chi connectivity index (χ0n) is 55.6. The van der Waals surface area contributed by atoms with Crippen LogP contribution in [0.4, 0.5) is 0 Å². The summed E-state index contributed by atoms with van der Waals surface area (Å²) in [6, 6.07) is 0. The summed E-state index contributed by atoms with van der Waals surface area (Å²) >= 11 is 0. The van der Waals surface area contributed by atoms with Crippen molar-refractivity contribution in [1.82, 2.24) is 4.90 Å². The van der Waals surface area contributed by atoms with Crippen LogP contribution in [-0.2, 0) is 9.47 Å². The molecule has 0 radical (unpaired) electrons. The fourth-order valence-corrected chi connectivity index (χ4v) is 11.8. The summed E-state index contributed by atoms with van der Waals surface area (Å²) in [5, 5.41) is 0. The molecule has 1 atom stereocenters. The van der Waals surface area contributed by atoms with Crippen LogP contribution < -0.4 is 0 Å². The lowest BCUT2D eigenvalue weighted by atomic mass is 9.84. The summed E-state index contributed by atoms with van der Waals surface area (Å²) in [5.74, 6) is -0.443. The van der Waals surface area contributed by atoms with E-state index in [1.807, 2.05) is 0 Å². The lowest BCUT2D eigenvalue weighted by Gasteiger charge is -2.36. The van der Waals surface area contributed by atoms with Gasteiger partial charge in [-0.15, -0.1) is 0 Å². The van der Waals surface area contributed by atoms with E-state index in [4.69, 9.17) is 9.47 Å². The highest BCUT2D eigenvalue weighted by Gasteiger charge is 2.55. The Kier molecular flexibility index (Phi) is 57.8. The second-order valence-electron chi connectivity index (χ2n) is 25.3. The first-order valence-electron chi connectivity index (χ1n) is 36.2. The van der Waals surface area contributed by atoms with Crippen molar-refractivity contribution in [1.29, 1.82) is 0 Å². The van der Waals surface area contributed by atoms with Crippen molar-refractivity contribution < 1.29 is 9.47 Å². The van der Waals surface area contributed by atoms with Gasteiger partial charge in [-0.1, -0.05) is 292 Å². The molecule has 0 saturated carbocycles. The topological polar surface area (TPSA) is 21.7 Å². The van der Waals surface area contributed by atoms with Gasteiger partial charge in [-0.05, 0) is 168 Å². The van der Waals surface area contributed by atoms with Crippen molar-refractivity contribution in [3.05, 3.63) is 97.2 Å². The van der Waals surface area contributed by atoms with Crippen LogP contribution in [-0.4, -0.2) is 43.0 Å². The zero-order chi connectivity index (χ0) is 58.4. The van der Waals surface area contributed by atoms with Crippen LogP contribution in [0.1, 0.15) is 362 Å². The van der Waals surface area contributed by atoms with Gasteiger partial charge in [0, 0.05) is 19.4 Å². The third-order valence-corrected chi connectivity index (χ3v) is 17.0. The van der Waals surface area contributed by atoms with Gasteiger partial charge >= 0.3 is 0 Å². The van der Waals surface area contributed by atoms with E-state index in [1.165, 1.54) is 283 Å². The number of allylic oxidation sites excluding steroid dienone is 16. The first kappa shape index (κ1) is 76.8. The third kappa shape index (κ3) is 49.7. The van der Waals surface area contributed by atoms with Gasteiger partial charge in [-0.3, -0.25) is 0 Å². The van der Waals surface area contributed by atoms with Crippen molar-refractivity contribution in [3.63, 3.8) is 0 Å². The minimum atomic E-state index is -0.443. The number of hydrogen-bond acceptors (Lipinski definition) is 3. The van der Waals surface area contributed by atoms with Gasteiger partial charge in [0.1, 0.15) is 6.10 Å². The molecule has 1 fully saturated rings. The van der Waals surface area contributed by atoms with Gasteiger partial charge in [0.15, 0.2) is 5.79 Å². The normalized spacial score (nSPS) is 15.9. The average molecular weight is 1120 g/mol. The quantitative estimate of drug-likeness (QED) is 0.0448. The molecule has 0 bridgehead atoms. The molecule has 0 aliphatic carbocycles. The summed E-state index contributed by atoms with van der Waals surface area (Å²) in [5.41, 5.74) is -0.189. The standard InChI is InChI=1S/C78H141NO2/c1-7-11-15-19-23-27-31-35-39-43-47-51-55-59-63-67-71-77(72-68-64-60-56-52-48-44-40-36-32-28-24-20-16-12-8-2)76(75-79(5)6)80-78(81-77,73-69-65-61-57-53-49-45-41-37-33-29-25-21-17-13-9-3)74-70-66-62-58-54-50-46-42-38-34-30-26-22-18-14-10-4/h23-30,35-42,76H,7-22,31-34,43-75H2,1-6H3/b27-23-,28-24-,29-25-,30-26-,39-35-,40-36-,41-37-,42-38-. The van der Waals surface area contributed by atoms with E-state index in [9.17, 15) is 0 Å². The Morgan fingerprint density at radius 2 is 0.494 bits per heavy atom. The van der Waals surface area contributed by atoms with Crippen LogP contribution in [0, 0.1) is 0 Å². The Hall–Kier alpha value is -2.20. The molecule has 81 heavy (non-hydrogen) atoms. The fourth-order valence-electron chi connectivity index (χ4n) is 11.8. The predicted octanol–water partition coefficient (Wildman–Crippen LogP) is 26.2. The van der Waals surface area contributed by atoms with Gasteiger partial charge in [0.2, 0.25) is 0 Å². The summed E-state index contributed by atoms with van der Waals surface area (Å²) in [6.45, 7) is 10.1. The van der Waals surface area contributed by atoms with E-state index in [2.05, 4.69) is 144 Å². The molecule has 470 valence electrons. The molecule has 0 aromatic carbocycles. The van der Waals surface area contributed by atoms with Crippen molar-refractivity contribution in [3.8, 4) is 0 Å². The van der Waals surface area contributed by atoms with E-state index < -0.39 is 5.79 Å². The number of likely N-dealkylation sites (N-methyl/N-ethyl adjacent to an activating group) is 1. The first-order chi connectivity index (χ1) is 40.0. The van der Waals surface area contributed by atoms with E-state index in [0.717, 1.165) is 57.9 Å². The monoisotopic (exact) mass is 1120 g/mol. The highest BCUT2D eigenvalue weighted by atomic mass is 16.8. The van der Waals surface area contributed by atoms with Crippen molar-refractivity contribution in [2.75, 3.05) is 20.6 Å². The number of hydrogen-bond donors (Lipinski definition) is 0. The lowest BCUT2D eigenvalue weighted by molar-refractivity contribution is -0.203.